The van der Waals surface area contributed by atoms with Gasteiger partial charge in [0.25, 0.3) is 0 Å². The summed E-state index contributed by atoms with van der Waals surface area (Å²) in [6.07, 6.45) is -0.432. The minimum absolute atomic E-state index is 0.0582. The monoisotopic (exact) mass is 1190 g/mol. The van der Waals surface area contributed by atoms with Crippen LogP contribution in [0.4, 0.5) is 11.4 Å². The van der Waals surface area contributed by atoms with Crippen molar-refractivity contribution < 1.29 is 55.4 Å². The maximum atomic E-state index is 15.1. The summed E-state index contributed by atoms with van der Waals surface area (Å²) in [5.41, 5.74) is 2.11. The molecule has 0 radical (unpaired) electrons. The van der Waals surface area contributed by atoms with Crippen LogP contribution in [0.5, 0.6) is 0 Å². The lowest BCUT2D eigenvalue weighted by atomic mass is 10.0. The van der Waals surface area contributed by atoms with E-state index in [2.05, 4.69) is 5.32 Å². The summed E-state index contributed by atoms with van der Waals surface area (Å²) in [5, 5.41) is 13.8. The minimum Gasteiger partial charge on any atom is -0.480 e. The number of aliphatic carboxylic acids is 1. The Kier molecular flexibility index (Phi) is 19.0. The van der Waals surface area contributed by atoms with E-state index in [1.807, 2.05) is 77.9 Å². The van der Waals surface area contributed by atoms with Crippen LogP contribution in [0.1, 0.15) is 65.5 Å². The summed E-state index contributed by atoms with van der Waals surface area (Å²) in [7, 11) is -2.89. The Balaban J connectivity index is 1.09. The normalized spacial score (nSPS) is 19.1. The van der Waals surface area contributed by atoms with Crippen LogP contribution in [0.15, 0.2) is 143 Å². The number of carboxylic acids is 1. The second-order valence-electron chi connectivity index (χ2n) is 22.5. The van der Waals surface area contributed by atoms with E-state index in [4.69, 9.17) is 9.47 Å². The van der Waals surface area contributed by atoms with E-state index in [0.717, 1.165) is 57.0 Å². The van der Waals surface area contributed by atoms with Gasteiger partial charge in [0.05, 0.1) is 58.6 Å². The molecule has 2 aliphatic rings. The molecule has 0 aromatic heterocycles. The highest BCUT2D eigenvalue weighted by atomic mass is 33.1. The van der Waals surface area contributed by atoms with E-state index in [1.54, 1.807) is 79.8 Å². The summed E-state index contributed by atoms with van der Waals surface area (Å²) >= 11 is 0. The first-order chi connectivity index (χ1) is 38.6. The molecule has 6 aromatic rings. The molecule has 436 valence electrons. The number of ether oxygens (including phenoxy) is 2. The fraction of sp³-hybridized carbons (Fsp3) is 0.383. The fourth-order valence-corrected chi connectivity index (χ4v) is 17.2. The molecule has 0 saturated carbocycles. The number of hydrogen-bond acceptors (Lipinski definition) is 13. The molecule has 1 unspecified atom stereocenters. The number of sulfonamides is 2. The second kappa shape index (κ2) is 25.2. The van der Waals surface area contributed by atoms with Gasteiger partial charge in [0.15, 0.2) is 0 Å². The van der Waals surface area contributed by atoms with Crippen molar-refractivity contribution in [1.82, 2.24) is 18.8 Å². The second-order valence-corrected chi connectivity index (χ2v) is 28.8. The zero-order valence-corrected chi connectivity index (χ0v) is 50.6. The van der Waals surface area contributed by atoms with Gasteiger partial charge in [-0.2, -0.15) is 8.61 Å². The molecule has 0 bridgehead atoms. The Bertz CT molecular complexity index is 3570. The highest BCUT2D eigenvalue weighted by Crippen LogP contribution is 2.49. The quantitative estimate of drug-likeness (QED) is 0.0685. The number of fused-ring (bicyclic) bond motifs is 2. The third-order valence-electron chi connectivity index (χ3n) is 14.4. The molecule has 5 atom stereocenters. The van der Waals surface area contributed by atoms with E-state index >= 15 is 13.2 Å². The molecule has 2 saturated heterocycles. The first kappa shape index (κ1) is 61.7. The first-order valence-corrected chi connectivity index (χ1v) is 31.9. The predicted octanol–water partition coefficient (Wildman–Crippen LogP) is 8.53. The van der Waals surface area contributed by atoms with Crippen LogP contribution in [0.3, 0.4) is 0 Å². The number of carbonyl (C=O) groups is 5. The molecule has 0 aliphatic carbocycles. The summed E-state index contributed by atoms with van der Waals surface area (Å²) in [6, 6.07) is 34.4. The van der Waals surface area contributed by atoms with Crippen molar-refractivity contribution >= 4 is 104 Å². The Morgan fingerprint density at radius 3 is 1.60 bits per heavy atom. The number of amides is 4. The van der Waals surface area contributed by atoms with Crippen LogP contribution in [0, 0.1) is 5.92 Å². The number of anilines is 2. The van der Waals surface area contributed by atoms with Crippen LogP contribution in [-0.2, 0) is 66.7 Å². The highest BCUT2D eigenvalue weighted by Gasteiger charge is 2.55. The fourth-order valence-electron chi connectivity index (χ4n) is 9.65. The van der Waals surface area contributed by atoms with Gasteiger partial charge in [0.1, 0.15) is 12.1 Å². The van der Waals surface area contributed by atoms with E-state index in [9.17, 15) is 32.7 Å². The van der Waals surface area contributed by atoms with Gasteiger partial charge in [-0.25, -0.2) is 16.8 Å². The topological polar surface area (TPSA) is 221 Å². The molecule has 4 amide bonds. The average molecular weight is 1200 g/mol. The van der Waals surface area contributed by atoms with Crippen molar-refractivity contribution in [3.05, 3.63) is 145 Å². The van der Waals surface area contributed by atoms with Gasteiger partial charge < -0.3 is 34.6 Å². The van der Waals surface area contributed by atoms with Gasteiger partial charge in [-0.1, -0.05) is 107 Å². The minimum atomic E-state index is -4.75. The standard InChI is InChI=1S/C60H70N6O12S4/c1-59(2,3)77-37-39-18-24-45(25-19-39)63(8)52(67)35-61-55(69)49-34-50(58(71)72)66(82(75,76)48-29-23-42-15-11-13-17-44(42)33-48)57(49)80-79-51-30-31-65(81(73,74)47-28-22-41-14-10-12-16-43(41)32-47)54(51)56(70)62(7)36-53(68)64(9)46-26-20-40(21-27-46)38-78-60(4,5)6/h10-29,32-33,49-51,54,57H,30-31,34-38H2,1-9H3,(H,61,69)(H,71,72)/t49-,50+,51-,54?,57+/m1/s1. The van der Waals surface area contributed by atoms with Gasteiger partial charge >= 0.3 is 5.97 Å². The molecule has 82 heavy (non-hydrogen) atoms. The molecule has 2 fully saturated rings. The zero-order chi connectivity index (χ0) is 59.5. The number of likely N-dealkylation sites (N-methyl/N-ethyl adjacent to an activating group) is 3. The summed E-state index contributed by atoms with van der Waals surface area (Å²) < 4.78 is 73.7. The predicted molar refractivity (Wildman–Crippen MR) is 321 cm³/mol. The zero-order valence-electron chi connectivity index (χ0n) is 47.3. The Hall–Kier alpha value is -6.37. The Morgan fingerprint density at radius 1 is 0.634 bits per heavy atom. The van der Waals surface area contributed by atoms with E-state index < -0.39 is 97.8 Å². The van der Waals surface area contributed by atoms with Gasteiger partial charge in [-0.05, 0) is 136 Å². The third-order valence-corrected chi connectivity index (χ3v) is 21.5. The van der Waals surface area contributed by atoms with Gasteiger partial charge in [-0.3, -0.25) is 24.0 Å². The molecular weight excluding hydrogens is 1120 g/mol. The van der Waals surface area contributed by atoms with Crippen LogP contribution in [0.2, 0.25) is 0 Å². The SMILES string of the molecule is CN(CC(=O)N(C)c1ccc(COC(C)(C)C)cc1)C(=O)C1[C@H](SS[C@H]2[C@@H](C(=O)NCC(=O)N(C)c3ccc(COC(C)(C)C)cc3)C[C@@H](C(=O)O)N2S(=O)(=O)c2ccc3ccccc3c2)CCN1S(=O)(=O)c1ccc2ccccc2c1. The molecule has 2 heterocycles. The van der Waals surface area contributed by atoms with Crippen molar-refractivity contribution in [2.75, 3.05) is 50.6 Å². The van der Waals surface area contributed by atoms with Crippen LogP contribution in [-0.4, -0.2) is 140 Å². The van der Waals surface area contributed by atoms with Crippen LogP contribution < -0.4 is 15.1 Å². The number of hydrogen-bond donors (Lipinski definition) is 2. The van der Waals surface area contributed by atoms with E-state index in [0.29, 0.717) is 35.4 Å². The maximum absolute atomic E-state index is 15.1. The Morgan fingerprint density at radius 2 is 1.11 bits per heavy atom. The summed E-state index contributed by atoms with van der Waals surface area (Å²) in [6.45, 7) is 11.2. The summed E-state index contributed by atoms with van der Waals surface area (Å²) in [5.74, 6) is -5.42. The van der Waals surface area contributed by atoms with Crippen molar-refractivity contribution in [1.29, 1.82) is 0 Å². The van der Waals surface area contributed by atoms with Gasteiger partial charge in [0.2, 0.25) is 43.7 Å². The molecule has 22 heteroatoms. The van der Waals surface area contributed by atoms with Crippen molar-refractivity contribution in [3.63, 3.8) is 0 Å². The summed E-state index contributed by atoms with van der Waals surface area (Å²) in [4.78, 5) is 74.2. The Labute approximate surface area is 488 Å². The maximum Gasteiger partial charge on any atom is 0.322 e. The van der Waals surface area contributed by atoms with Crippen LogP contribution >= 0.6 is 21.6 Å². The van der Waals surface area contributed by atoms with Crippen LogP contribution in [0.25, 0.3) is 21.5 Å². The lowest BCUT2D eigenvalue weighted by Crippen LogP contribution is -2.52. The smallest absolute Gasteiger partial charge is 0.322 e. The number of carbonyl (C=O) groups excluding carboxylic acids is 4. The van der Waals surface area contributed by atoms with E-state index in [1.165, 1.54) is 48.2 Å². The first-order valence-electron chi connectivity index (χ1n) is 26.7. The number of nitrogens with one attached hydrogen (secondary N) is 1. The van der Waals surface area contributed by atoms with Gasteiger partial charge in [-0.15, -0.1) is 0 Å². The molecule has 18 nitrogen and oxygen atoms in total. The van der Waals surface area contributed by atoms with Gasteiger partial charge in [0, 0.05) is 44.3 Å². The molecule has 6 aromatic carbocycles. The number of nitrogens with zero attached hydrogens (tertiary/aromatic N) is 5. The lowest BCUT2D eigenvalue weighted by Gasteiger charge is -2.32. The molecule has 2 N–H and O–H groups in total. The lowest BCUT2D eigenvalue weighted by molar-refractivity contribution is -0.140. The third kappa shape index (κ3) is 14.3. The molecular formula is C60H70N6O12S4. The van der Waals surface area contributed by atoms with Crippen molar-refractivity contribution in [2.45, 2.75) is 111 Å². The largest absolute Gasteiger partial charge is 0.480 e. The molecule has 2 aliphatic heterocycles. The van der Waals surface area contributed by atoms with E-state index in [-0.39, 0.29) is 34.0 Å². The molecule has 0 spiro atoms. The molecule has 8 rings (SSSR count). The number of rotatable bonds is 20. The van der Waals surface area contributed by atoms with Crippen molar-refractivity contribution in [3.8, 4) is 0 Å². The van der Waals surface area contributed by atoms with Crippen molar-refractivity contribution in [2.24, 2.45) is 5.92 Å². The highest BCUT2D eigenvalue weighted by molar-refractivity contribution is 8.77. The average Bonchev–Trinajstić information content (AvgIpc) is 3.54. The number of carboxylic acid groups (broad SMARTS) is 1. The number of benzene rings is 6.